The van der Waals surface area contributed by atoms with Crippen molar-refractivity contribution in [2.24, 2.45) is 0 Å². The Morgan fingerprint density at radius 2 is 2.10 bits per heavy atom. The quantitative estimate of drug-likeness (QED) is 0.873. The zero-order valence-corrected chi connectivity index (χ0v) is 12.6. The van der Waals surface area contributed by atoms with E-state index in [-0.39, 0.29) is 12.2 Å². The minimum atomic E-state index is -0.716. The smallest absolute Gasteiger partial charge is 0.303 e. The van der Waals surface area contributed by atoms with E-state index in [1.807, 2.05) is 12.1 Å². The summed E-state index contributed by atoms with van der Waals surface area (Å²) >= 11 is 0. The van der Waals surface area contributed by atoms with E-state index in [0.29, 0.717) is 12.1 Å². The van der Waals surface area contributed by atoms with Gasteiger partial charge in [0, 0.05) is 18.5 Å². The highest BCUT2D eigenvalue weighted by atomic mass is 19.1. The Balaban J connectivity index is 1.95. The van der Waals surface area contributed by atoms with E-state index in [0.717, 1.165) is 31.4 Å². The number of carbonyl (C=O) groups is 1. The first-order valence-electron chi connectivity index (χ1n) is 7.78. The number of aliphatic carboxylic acids is 1. The second-order valence-corrected chi connectivity index (χ2v) is 6.00. The van der Waals surface area contributed by atoms with Crippen molar-refractivity contribution >= 4 is 5.97 Å². The van der Waals surface area contributed by atoms with Crippen LogP contribution in [0.5, 0.6) is 0 Å². The number of benzene rings is 1. The Bertz CT molecular complexity index is 460. The molecule has 1 aromatic rings. The van der Waals surface area contributed by atoms with Crippen molar-refractivity contribution in [1.82, 2.24) is 4.90 Å². The van der Waals surface area contributed by atoms with Crippen LogP contribution >= 0.6 is 0 Å². The fourth-order valence-electron chi connectivity index (χ4n) is 3.28. The summed E-state index contributed by atoms with van der Waals surface area (Å²) in [6.07, 6.45) is 5.29. The lowest BCUT2D eigenvalue weighted by atomic mass is 9.94. The van der Waals surface area contributed by atoms with E-state index in [1.165, 1.54) is 25.0 Å². The van der Waals surface area contributed by atoms with Gasteiger partial charge in [0.15, 0.2) is 0 Å². The topological polar surface area (TPSA) is 40.5 Å². The molecular formula is C17H24FNO2. The second kappa shape index (κ2) is 7.55. The third-order valence-corrected chi connectivity index (χ3v) is 4.37. The first kappa shape index (κ1) is 16.0. The average molecular weight is 293 g/mol. The number of hydrogen-bond acceptors (Lipinski definition) is 2. The predicted octanol–water partition coefficient (Wildman–Crippen LogP) is 3.48. The van der Waals surface area contributed by atoms with Crippen LogP contribution in [-0.4, -0.2) is 34.6 Å². The summed E-state index contributed by atoms with van der Waals surface area (Å²) in [6.45, 7) is 3.22. The van der Waals surface area contributed by atoms with Crippen LogP contribution in [0, 0.1) is 5.82 Å². The van der Waals surface area contributed by atoms with Gasteiger partial charge in [-0.3, -0.25) is 9.69 Å². The maximum Gasteiger partial charge on any atom is 0.303 e. The standard InChI is InChI=1S/C17H24FNO2/c1-13(12-14-5-7-15(18)8-6-14)19-11-3-2-4-16(19)9-10-17(20)21/h5-8,13,16H,2-4,9-12H2,1H3,(H,20,21). The first-order chi connectivity index (χ1) is 10.1. The van der Waals surface area contributed by atoms with E-state index < -0.39 is 5.97 Å². The van der Waals surface area contributed by atoms with Gasteiger partial charge in [-0.05, 0) is 56.8 Å². The molecule has 0 radical (unpaired) electrons. The lowest BCUT2D eigenvalue weighted by Gasteiger charge is -2.40. The molecule has 0 amide bonds. The average Bonchev–Trinajstić information content (AvgIpc) is 2.47. The molecule has 1 aliphatic heterocycles. The molecule has 3 nitrogen and oxygen atoms in total. The van der Waals surface area contributed by atoms with Crippen molar-refractivity contribution in [3.63, 3.8) is 0 Å². The SMILES string of the molecule is CC(Cc1ccc(F)cc1)N1CCCCC1CCC(=O)O. The van der Waals surface area contributed by atoms with Crippen LogP contribution in [0.3, 0.4) is 0 Å². The van der Waals surface area contributed by atoms with Crippen LogP contribution in [-0.2, 0) is 11.2 Å². The fourth-order valence-corrected chi connectivity index (χ4v) is 3.28. The molecule has 0 bridgehead atoms. The molecule has 4 heteroatoms. The summed E-state index contributed by atoms with van der Waals surface area (Å²) in [5, 5.41) is 8.88. The minimum Gasteiger partial charge on any atom is -0.481 e. The molecule has 1 aromatic carbocycles. The third kappa shape index (κ3) is 4.81. The molecule has 2 unspecified atom stereocenters. The summed E-state index contributed by atoms with van der Waals surface area (Å²) in [5.74, 6) is -0.921. The first-order valence-corrected chi connectivity index (χ1v) is 7.78. The van der Waals surface area contributed by atoms with Crippen LogP contribution in [0.25, 0.3) is 0 Å². The van der Waals surface area contributed by atoms with Crippen molar-refractivity contribution in [1.29, 1.82) is 0 Å². The summed E-state index contributed by atoms with van der Waals surface area (Å²) in [7, 11) is 0. The van der Waals surface area contributed by atoms with Gasteiger partial charge in [-0.1, -0.05) is 18.6 Å². The molecule has 0 spiro atoms. The number of hydrogen-bond donors (Lipinski definition) is 1. The minimum absolute atomic E-state index is 0.205. The molecule has 1 N–H and O–H groups in total. The monoisotopic (exact) mass is 293 g/mol. The van der Waals surface area contributed by atoms with Crippen molar-refractivity contribution in [2.45, 2.75) is 57.5 Å². The number of carboxylic acid groups (broad SMARTS) is 1. The molecule has 0 aliphatic carbocycles. The van der Waals surface area contributed by atoms with Crippen LogP contribution in [0.4, 0.5) is 4.39 Å². The molecule has 0 aromatic heterocycles. The van der Waals surface area contributed by atoms with Gasteiger partial charge < -0.3 is 5.11 Å². The Labute approximate surface area is 125 Å². The van der Waals surface area contributed by atoms with Gasteiger partial charge in [-0.2, -0.15) is 0 Å². The zero-order chi connectivity index (χ0) is 15.2. The van der Waals surface area contributed by atoms with E-state index in [1.54, 1.807) is 0 Å². The lowest BCUT2D eigenvalue weighted by Crippen LogP contribution is -2.46. The highest BCUT2D eigenvalue weighted by Crippen LogP contribution is 2.24. The number of likely N-dealkylation sites (tertiary alicyclic amines) is 1. The second-order valence-electron chi connectivity index (χ2n) is 6.00. The van der Waals surface area contributed by atoms with Crippen LogP contribution in [0.15, 0.2) is 24.3 Å². The summed E-state index contributed by atoms with van der Waals surface area (Å²) in [4.78, 5) is 13.2. The molecule has 1 aliphatic rings. The Morgan fingerprint density at radius 3 is 2.76 bits per heavy atom. The summed E-state index contributed by atoms with van der Waals surface area (Å²) < 4.78 is 13.0. The number of halogens is 1. The molecule has 116 valence electrons. The fraction of sp³-hybridized carbons (Fsp3) is 0.588. The Morgan fingerprint density at radius 1 is 1.38 bits per heavy atom. The highest BCUT2D eigenvalue weighted by Gasteiger charge is 2.26. The molecule has 0 saturated carbocycles. The Hall–Kier alpha value is -1.42. The van der Waals surface area contributed by atoms with Gasteiger partial charge in [-0.15, -0.1) is 0 Å². The molecule has 2 rings (SSSR count). The van der Waals surface area contributed by atoms with E-state index in [9.17, 15) is 9.18 Å². The molecular weight excluding hydrogens is 269 g/mol. The molecule has 1 heterocycles. The molecule has 21 heavy (non-hydrogen) atoms. The maximum atomic E-state index is 13.0. The van der Waals surface area contributed by atoms with E-state index in [2.05, 4.69) is 11.8 Å². The normalized spacial score (nSPS) is 21.1. The van der Waals surface area contributed by atoms with Gasteiger partial charge in [0.2, 0.25) is 0 Å². The van der Waals surface area contributed by atoms with Gasteiger partial charge in [0.05, 0.1) is 0 Å². The lowest BCUT2D eigenvalue weighted by molar-refractivity contribution is -0.137. The molecule has 2 atom stereocenters. The number of nitrogens with zero attached hydrogens (tertiary/aromatic N) is 1. The zero-order valence-electron chi connectivity index (χ0n) is 12.6. The number of rotatable bonds is 6. The number of piperidine rings is 1. The summed E-state index contributed by atoms with van der Waals surface area (Å²) in [6, 6.07) is 7.39. The largest absolute Gasteiger partial charge is 0.481 e. The third-order valence-electron chi connectivity index (χ3n) is 4.37. The molecule has 1 fully saturated rings. The van der Waals surface area contributed by atoms with Gasteiger partial charge in [0.25, 0.3) is 0 Å². The number of carboxylic acids is 1. The summed E-state index contributed by atoms with van der Waals surface area (Å²) in [5.41, 5.74) is 1.13. The van der Waals surface area contributed by atoms with Crippen LogP contribution in [0.2, 0.25) is 0 Å². The predicted molar refractivity (Wildman–Crippen MR) is 80.8 cm³/mol. The maximum absolute atomic E-state index is 13.0. The van der Waals surface area contributed by atoms with Gasteiger partial charge in [-0.25, -0.2) is 4.39 Å². The van der Waals surface area contributed by atoms with Crippen molar-refractivity contribution < 1.29 is 14.3 Å². The van der Waals surface area contributed by atoms with Crippen molar-refractivity contribution in [2.75, 3.05) is 6.54 Å². The van der Waals surface area contributed by atoms with Gasteiger partial charge >= 0.3 is 5.97 Å². The highest BCUT2D eigenvalue weighted by molar-refractivity contribution is 5.66. The van der Waals surface area contributed by atoms with Crippen molar-refractivity contribution in [3.05, 3.63) is 35.6 Å². The van der Waals surface area contributed by atoms with E-state index in [4.69, 9.17) is 5.11 Å². The van der Waals surface area contributed by atoms with Crippen LogP contribution < -0.4 is 0 Å². The van der Waals surface area contributed by atoms with Crippen molar-refractivity contribution in [3.8, 4) is 0 Å². The van der Waals surface area contributed by atoms with Crippen LogP contribution in [0.1, 0.15) is 44.6 Å². The van der Waals surface area contributed by atoms with E-state index >= 15 is 0 Å². The van der Waals surface area contributed by atoms with Gasteiger partial charge in [0.1, 0.15) is 5.82 Å². The Kier molecular flexibility index (Phi) is 5.74. The molecule has 1 saturated heterocycles.